The predicted molar refractivity (Wildman–Crippen MR) is 78.2 cm³/mol. The largest absolute Gasteiger partial charge is 0.481 e. The fraction of sp³-hybridized carbons (Fsp3) is 0.857. The van der Waals surface area contributed by atoms with Crippen LogP contribution in [0.2, 0.25) is 0 Å². The maximum Gasteiger partial charge on any atom is 0.303 e. The predicted octanol–water partition coefficient (Wildman–Crippen LogP) is -0.947. The lowest BCUT2D eigenvalue weighted by atomic mass is 10.0. The first-order valence-corrected chi connectivity index (χ1v) is 7.31. The molecule has 0 aromatic carbocycles. The number of aliphatic carboxylic acids is 1. The molecule has 8 nitrogen and oxygen atoms in total. The van der Waals surface area contributed by atoms with Crippen LogP contribution in [-0.2, 0) is 9.59 Å². The molecule has 8 heteroatoms. The average molecular weight is 324 g/mol. The quantitative estimate of drug-likeness (QED) is 0.210. The van der Waals surface area contributed by atoms with Gasteiger partial charge in [-0.25, -0.2) is 0 Å². The van der Waals surface area contributed by atoms with Gasteiger partial charge in [-0.05, 0) is 6.42 Å². The van der Waals surface area contributed by atoms with Crippen LogP contribution >= 0.6 is 0 Å². The lowest BCUT2D eigenvalue weighted by Crippen LogP contribution is -2.46. The van der Waals surface area contributed by atoms with Crippen LogP contribution in [0.4, 0.5) is 0 Å². The monoisotopic (exact) mass is 324 g/mol. The number of aliphatic hydroxyl groups excluding tert-OH is 5. The summed E-state index contributed by atoms with van der Waals surface area (Å²) in [6, 6.07) is 0. The standard InChI is InChI=1S/C8H16O2.C6H12O6/c1-2-3-4-5-6-7-8(9)10;7-1-3(9)5(11)6(12)4(10)2-8/h2-7H2,1H3,(H,9,10);1,3-6,8-12H,2H2/t;3-,4+,5+,6+/m.0/s1. The van der Waals surface area contributed by atoms with Gasteiger partial charge in [0.2, 0.25) is 0 Å². The zero-order valence-electron chi connectivity index (χ0n) is 12.8. The molecule has 0 aliphatic carbocycles. The summed E-state index contributed by atoms with van der Waals surface area (Å²) in [5.74, 6) is -0.670. The van der Waals surface area contributed by atoms with Crippen LogP contribution in [0, 0.1) is 0 Å². The fourth-order valence-corrected chi connectivity index (χ4v) is 1.50. The van der Waals surface area contributed by atoms with Crippen LogP contribution in [0.1, 0.15) is 45.4 Å². The number of carbonyl (C=O) groups is 2. The van der Waals surface area contributed by atoms with E-state index in [-0.39, 0.29) is 6.29 Å². The Morgan fingerprint density at radius 1 is 1.00 bits per heavy atom. The van der Waals surface area contributed by atoms with Crippen molar-refractivity contribution in [2.24, 2.45) is 0 Å². The Balaban J connectivity index is 0. The fourth-order valence-electron chi connectivity index (χ4n) is 1.50. The second kappa shape index (κ2) is 14.9. The van der Waals surface area contributed by atoms with Crippen molar-refractivity contribution in [3.05, 3.63) is 0 Å². The van der Waals surface area contributed by atoms with E-state index in [4.69, 9.17) is 30.6 Å². The molecule has 0 bridgehead atoms. The van der Waals surface area contributed by atoms with Gasteiger partial charge in [-0.3, -0.25) is 4.79 Å². The molecule has 0 aromatic heterocycles. The zero-order chi connectivity index (χ0) is 17.5. The van der Waals surface area contributed by atoms with Crippen molar-refractivity contribution in [1.82, 2.24) is 0 Å². The molecule has 22 heavy (non-hydrogen) atoms. The molecule has 0 fully saturated rings. The third-order valence-electron chi connectivity index (χ3n) is 2.91. The van der Waals surface area contributed by atoms with Crippen LogP contribution < -0.4 is 0 Å². The Morgan fingerprint density at radius 3 is 1.95 bits per heavy atom. The van der Waals surface area contributed by atoms with E-state index in [9.17, 15) is 9.59 Å². The van der Waals surface area contributed by atoms with Gasteiger partial charge in [-0.15, -0.1) is 0 Å². The van der Waals surface area contributed by atoms with Crippen molar-refractivity contribution in [1.29, 1.82) is 0 Å². The number of carboxylic acids is 1. The third-order valence-corrected chi connectivity index (χ3v) is 2.91. The van der Waals surface area contributed by atoms with Crippen LogP contribution in [0.3, 0.4) is 0 Å². The number of hydrogen-bond acceptors (Lipinski definition) is 7. The van der Waals surface area contributed by atoms with Crippen molar-refractivity contribution in [3.63, 3.8) is 0 Å². The number of carboxylic acid groups (broad SMARTS) is 1. The molecule has 0 saturated carbocycles. The molecule has 0 unspecified atom stereocenters. The Bertz CT molecular complexity index is 284. The van der Waals surface area contributed by atoms with Gasteiger partial charge in [0.25, 0.3) is 0 Å². The maximum absolute atomic E-state index is 10.0. The molecule has 132 valence electrons. The topological polar surface area (TPSA) is 156 Å². The van der Waals surface area contributed by atoms with Crippen molar-refractivity contribution in [2.45, 2.75) is 69.9 Å². The summed E-state index contributed by atoms with van der Waals surface area (Å²) in [5.41, 5.74) is 0. The maximum atomic E-state index is 10.0. The summed E-state index contributed by atoms with van der Waals surface area (Å²) in [5, 5.41) is 51.8. The molecule has 0 aliphatic rings. The molecule has 0 spiro atoms. The highest BCUT2D eigenvalue weighted by molar-refractivity contribution is 5.66. The second-order valence-corrected chi connectivity index (χ2v) is 4.92. The van der Waals surface area contributed by atoms with Crippen molar-refractivity contribution >= 4 is 12.3 Å². The Labute approximate surface area is 130 Å². The van der Waals surface area contributed by atoms with Gasteiger partial charge >= 0.3 is 5.97 Å². The zero-order valence-corrected chi connectivity index (χ0v) is 12.8. The summed E-state index contributed by atoms with van der Waals surface area (Å²) in [6.45, 7) is 1.39. The first-order chi connectivity index (χ1) is 10.3. The van der Waals surface area contributed by atoms with Crippen LogP contribution in [0.5, 0.6) is 0 Å². The van der Waals surface area contributed by atoms with E-state index < -0.39 is 37.0 Å². The van der Waals surface area contributed by atoms with Gasteiger partial charge in [-0.1, -0.05) is 32.6 Å². The number of aliphatic hydroxyl groups is 5. The molecule has 0 aromatic rings. The SMILES string of the molecule is CCCCCCCC(=O)O.O=C[C@H](O)[C@@H](O)[C@H](O)[C@H](O)CO. The summed E-state index contributed by atoms with van der Waals surface area (Å²) in [4.78, 5) is 19.9. The first kappa shape index (κ1) is 23.2. The van der Waals surface area contributed by atoms with E-state index in [0.29, 0.717) is 6.42 Å². The highest BCUT2D eigenvalue weighted by atomic mass is 16.4. The molecule has 0 saturated heterocycles. The van der Waals surface area contributed by atoms with Crippen LogP contribution in [-0.4, -0.2) is 73.9 Å². The molecule has 6 N–H and O–H groups in total. The summed E-state index contributed by atoms with van der Waals surface area (Å²) < 4.78 is 0. The number of unbranched alkanes of at least 4 members (excludes halogenated alkanes) is 4. The molecule has 0 radical (unpaired) electrons. The highest BCUT2D eigenvalue weighted by Crippen LogP contribution is 2.04. The molecular formula is C14H28O8. The highest BCUT2D eigenvalue weighted by Gasteiger charge is 2.29. The number of aldehydes is 1. The molecule has 0 aliphatic heterocycles. The van der Waals surface area contributed by atoms with Gasteiger partial charge in [0.05, 0.1) is 6.61 Å². The minimum atomic E-state index is -1.79. The molecule has 0 rings (SSSR count). The van der Waals surface area contributed by atoms with Crippen LogP contribution in [0.15, 0.2) is 0 Å². The number of carbonyl (C=O) groups excluding carboxylic acids is 1. The van der Waals surface area contributed by atoms with Crippen molar-refractivity contribution in [2.75, 3.05) is 6.61 Å². The van der Waals surface area contributed by atoms with Crippen molar-refractivity contribution < 1.29 is 40.2 Å². The summed E-state index contributed by atoms with van der Waals surface area (Å²) in [6.07, 6.45) is -0.955. The summed E-state index contributed by atoms with van der Waals surface area (Å²) in [7, 11) is 0. The van der Waals surface area contributed by atoms with Crippen LogP contribution in [0.25, 0.3) is 0 Å². The van der Waals surface area contributed by atoms with Gasteiger partial charge in [0.15, 0.2) is 6.29 Å². The van der Waals surface area contributed by atoms with Gasteiger partial charge in [-0.2, -0.15) is 0 Å². The Kier molecular flexibility index (Phi) is 15.7. The smallest absolute Gasteiger partial charge is 0.303 e. The number of hydrogen-bond donors (Lipinski definition) is 6. The molecule has 4 atom stereocenters. The van der Waals surface area contributed by atoms with E-state index >= 15 is 0 Å². The minimum Gasteiger partial charge on any atom is -0.481 e. The van der Waals surface area contributed by atoms with E-state index in [1.165, 1.54) is 19.3 Å². The summed E-state index contributed by atoms with van der Waals surface area (Å²) >= 11 is 0. The van der Waals surface area contributed by atoms with Gasteiger partial charge < -0.3 is 35.4 Å². The minimum absolute atomic E-state index is 0.0258. The van der Waals surface area contributed by atoms with Gasteiger partial charge in [0.1, 0.15) is 24.4 Å². The number of rotatable bonds is 11. The Hall–Kier alpha value is -1.06. The lowest BCUT2D eigenvalue weighted by Gasteiger charge is -2.22. The van der Waals surface area contributed by atoms with E-state index in [0.717, 1.165) is 12.8 Å². The lowest BCUT2D eigenvalue weighted by molar-refractivity contribution is -0.137. The molecular weight excluding hydrogens is 296 g/mol. The average Bonchev–Trinajstić information content (AvgIpc) is 2.51. The van der Waals surface area contributed by atoms with Crippen molar-refractivity contribution in [3.8, 4) is 0 Å². The second-order valence-electron chi connectivity index (χ2n) is 4.92. The third kappa shape index (κ3) is 12.7. The van der Waals surface area contributed by atoms with E-state index in [1.54, 1.807) is 0 Å². The van der Waals surface area contributed by atoms with Gasteiger partial charge in [0, 0.05) is 6.42 Å². The molecule has 0 amide bonds. The van der Waals surface area contributed by atoms with E-state index in [1.807, 2.05) is 0 Å². The normalized spacial score (nSPS) is 15.9. The molecule has 0 heterocycles. The van der Waals surface area contributed by atoms with E-state index in [2.05, 4.69) is 6.92 Å². The first-order valence-electron chi connectivity index (χ1n) is 7.31. The Morgan fingerprint density at radius 2 is 1.55 bits per heavy atom.